The second-order valence-corrected chi connectivity index (χ2v) is 7.66. The number of amides is 2. The molecule has 1 saturated heterocycles. The van der Waals surface area contributed by atoms with Gasteiger partial charge in [0, 0.05) is 23.7 Å². The minimum Gasteiger partial charge on any atom is -0.467 e. The third-order valence-corrected chi connectivity index (χ3v) is 5.65. The summed E-state index contributed by atoms with van der Waals surface area (Å²) in [5.74, 6) is 0.440. The molecule has 0 spiro atoms. The first-order chi connectivity index (χ1) is 15.0. The van der Waals surface area contributed by atoms with Crippen LogP contribution >= 0.6 is 12.2 Å². The predicted octanol–water partition coefficient (Wildman–Crippen LogP) is 3.19. The van der Waals surface area contributed by atoms with Crippen molar-refractivity contribution in [1.82, 2.24) is 20.1 Å². The number of likely N-dealkylation sites (N-methyl/N-ethyl adjacent to an activating group) is 1. The summed E-state index contributed by atoms with van der Waals surface area (Å²) in [7, 11) is 0. The number of aromatic nitrogens is 1. The molecule has 0 radical (unpaired) electrons. The zero-order chi connectivity index (χ0) is 22.0. The molecule has 0 unspecified atom stereocenters. The van der Waals surface area contributed by atoms with Crippen molar-refractivity contribution in [1.29, 1.82) is 0 Å². The molecule has 1 aromatic carbocycles. The summed E-state index contributed by atoms with van der Waals surface area (Å²) >= 11 is 5.26. The lowest BCUT2D eigenvalue weighted by Crippen LogP contribution is -2.30. The lowest BCUT2D eigenvalue weighted by atomic mass is 10.1. The van der Waals surface area contributed by atoms with Crippen molar-refractivity contribution in [2.45, 2.75) is 33.4 Å². The Morgan fingerprint density at radius 2 is 2.10 bits per heavy atom. The Hall–Kier alpha value is -3.39. The van der Waals surface area contributed by atoms with Crippen LogP contribution in [-0.2, 0) is 29.1 Å². The van der Waals surface area contributed by atoms with Crippen LogP contribution in [0.25, 0.3) is 17.0 Å². The molecule has 7 nitrogen and oxygen atoms in total. The van der Waals surface area contributed by atoms with E-state index in [2.05, 4.69) is 23.6 Å². The number of carbonyl (C=O) groups excluding carboxylic acids is 2. The summed E-state index contributed by atoms with van der Waals surface area (Å²) in [6.45, 7) is 4.99. The van der Waals surface area contributed by atoms with Crippen molar-refractivity contribution in [2.75, 3.05) is 6.54 Å². The van der Waals surface area contributed by atoms with Gasteiger partial charge in [-0.25, -0.2) is 0 Å². The summed E-state index contributed by atoms with van der Waals surface area (Å²) in [6, 6.07) is 9.67. The average Bonchev–Trinajstić information content (AvgIpc) is 3.46. The highest BCUT2D eigenvalue weighted by Gasteiger charge is 2.29. The molecule has 1 aliphatic heterocycles. The van der Waals surface area contributed by atoms with E-state index in [1.807, 2.05) is 42.0 Å². The highest BCUT2D eigenvalue weighted by atomic mass is 32.1. The number of rotatable bonds is 7. The number of nitrogens with zero attached hydrogens (tertiary/aromatic N) is 2. The molecule has 8 heteroatoms. The van der Waals surface area contributed by atoms with E-state index in [1.165, 1.54) is 4.90 Å². The molecule has 4 rings (SSSR count). The minimum atomic E-state index is -0.142. The van der Waals surface area contributed by atoms with E-state index in [4.69, 9.17) is 16.6 Å². The summed E-state index contributed by atoms with van der Waals surface area (Å²) in [5, 5.41) is 7.29. The SMILES string of the molecule is CCc1cccc2c(/C=C3\NC(=S)N(CC)C3=O)cn(CC(=O)NCc3ccco3)c12. The number of para-hydroxylation sites is 1. The lowest BCUT2D eigenvalue weighted by molar-refractivity contribution is -0.122. The Labute approximate surface area is 185 Å². The maximum atomic E-state index is 12.6. The molecule has 2 amide bonds. The number of hydrogen-bond acceptors (Lipinski definition) is 4. The van der Waals surface area contributed by atoms with E-state index in [-0.39, 0.29) is 18.4 Å². The lowest BCUT2D eigenvalue weighted by Gasteiger charge is -2.09. The second kappa shape index (κ2) is 8.77. The maximum Gasteiger partial charge on any atom is 0.276 e. The third kappa shape index (κ3) is 4.11. The zero-order valence-electron chi connectivity index (χ0n) is 17.5. The molecular weight excluding hydrogens is 412 g/mol. The van der Waals surface area contributed by atoms with Gasteiger partial charge in [-0.15, -0.1) is 0 Å². The molecule has 0 saturated carbocycles. The van der Waals surface area contributed by atoms with Crippen LogP contribution in [0.15, 0.2) is 52.9 Å². The van der Waals surface area contributed by atoms with Crippen molar-refractivity contribution in [3.8, 4) is 0 Å². The van der Waals surface area contributed by atoms with Crippen molar-refractivity contribution < 1.29 is 14.0 Å². The van der Waals surface area contributed by atoms with Crippen LogP contribution < -0.4 is 10.6 Å². The molecule has 1 fully saturated rings. The number of furan rings is 1. The molecular formula is C23H24N4O3S. The van der Waals surface area contributed by atoms with Crippen LogP contribution in [0.5, 0.6) is 0 Å². The standard InChI is InChI=1S/C23H24N4O3S/c1-3-15-7-5-9-18-16(11-19-22(29)27(4-2)23(31)25-19)13-26(21(15)18)14-20(28)24-12-17-8-6-10-30-17/h5-11,13H,3-4,12,14H2,1-2H3,(H,24,28)(H,25,31)/b19-11-. The van der Waals surface area contributed by atoms with Gasteiger partial charge in [-0.1, -0.05) is 25.1 Å². The highest BCUT2D eigenvalue weighted by molar-refractivity contribution is 7.80. The molecule has 2 aromatic heterocycles. The topological polar surface area (TPSA) is 79.5 Å². The number of thiocarbonyl (C=S) groups is 1. The van der Waals surface area contributed by atoms with Crippen LogP contribution in [0.4, 0.5) is 0 Å². The Kier molecular flexibility index (Phi) is 5.90. The molecule has 0 aliphatic carbocycles. The van der Waals surface area contributed by atoms with Gasteiger partial charge in [0.2, 0.25) is 5.91 Å². The largest absolute Gasteiger partial charge is 0.467 e. The Morgan fingerprint density at radius 1 is 1.26 bits per heavy atom. The van der Waals surface area contributed by atoms with Crippen LogP contribution in [0.2, 0.25) is 0 Å². The van der Waals surface area contributed by atoms with Crippen LogP contribution in [0.1, 0.15) is 30.7 Å². The fourth-order valence-electron chi connectivity index (χ4n) is 3.81. The molecule has 31 heavy (non-hydrogen) atoms. The van der Waals surface area contributed by atoms with E-state index in [9.17, 15) is 9.59 Å². The van der Waals surface area contributed by atoms with Gasteiger partial charge in [0.1, 0.15) is 18.0 Å². The number of carbonyl (C=O) groups is 2. The van der Waals surface area contributed by atoms with E-state index in [0.717, 1.165) is 28.5 Å². The van der Waals surface area contributed by atoms with E-state index < -0.39 is 0 Å². The van der Waals surface area contributed by atoms with E-state index >= 15 is 0 Å². The fourth-order valence-corrected chi connectivity index (χ4v) is 4.14. The molecule has 160 valence electrons. The molecule has 1 aliphatic rings. The molecule has 3 heterocycles. The average molecular weight is 437 g/mol. The Morgan fingerprint density at radius 3 is 2.77 bits per heavy atom. The van der Waals surface area contributed by atoms with Gasteiger partial charge >= 0.3 is 0 Å². The summed E-state index contributed by atoms with van der Waals surface area (Å²) < 4.78 is 7.21. The van der Waals surface area contributed by atoms with Crippen molar-refractivity contribution in [3.63, 3.8) is 0 Å². The van der Waals surface area contributed by atoms with Crippen molar-refractivity contribution >= 4 is 46.1 Å². The van der Waals surface area contributed by atoms with Gasteiger partial charge in [0.15, 0.2) is 5.11 Å². The third-order valence-electron chi connectivity index (χ3n) is 5.33. The predicted molar refractivity (Wildman–Crippen MR) is 123 cm³/mol. The van der Waals surface area contributed by atoms with Gasteiger partial charge in [-0.05, 0) is 49.3 Å². The fraction of sp³-hybridized carbons (Fsp3) is 0.261. The second-order valence-electron chi connectivity index (χ2n) is 7.27. The van der Waals surface area contributed by atoms with E-state index in [0.29, 0.717) is 29.7 Å². The normalized spacial score (nSPS) is 15.2. The first-order valence-corrected chi connectivity index (χ1v) is 10.7. The number of fused-ring (bicyclic) bond motifs is 1. The zero-order valence-corrected chi connectivity index (χ0v) is 18.3. The van der Waals surface area contributed by atoms with Crippen LogP contribution in [0, 0.1) is 0 Å². The Bertz CT molecular complexity index is 1180. The highest BCUT2D eigenvalue weighted by Crippen LogP contribution is 2.28. The summed E-state index contributed by atoms with van der Waals surface area (Å²) in [6.07, 6.45) is 6.13. The molecule has 3 aromatic rings. The summed E-state index contributed by atoms with van der Waals surface area (Å²) in [5.41, 5.74) is 3.43. The first kappa shape index (κ1) is 20.9. The van der Waals surface area contributed by atoms with Gasteiger partial charge in [0.25, 0.3) is 5.91 Å². The molecule has 0 atom stereocenters. The molecule has 0 bridgehead atoms. The van der Waals surface area contributed by atoms with Gasteiger partial charge in [-0.2, -0.15) is 0 Å². The van der Waals surface area contributed by atoms with Gasteiger partial charge in [0.05, 0.1) is 18.3 Å². The Balaban J connectivity index is 1.66. The first-order valence-electron chi connectivity index (χ1n) is 10.3. The van der Waals surface area contributed by atoms with E-state index in [1.54, 1.807) is 12.3 Å². The van der Waals surface area contributed by atoms with Crippen molar-refractivity contribution in [2.24, 2.45) is 0 Å². The number of aryl methyl sites for hydroxylation is 1. The van der Waals surface area contributed by atoms with Crippen LogP contribution in [-0.4, -0.2) is 32.9 Å². The summed E-state index contributed by atoms with van der Waals surface area (Å²) in [4.78, 5) is 26.8. The molecule has 2 N–H and O–H groups in total. The monoisotopic (exact) mass is 436 g/mol. The van der Waals surface area contributed by atoms with Crippen LogP contribution in [0.3, 0.4) is 0 Å². The van der Waals surface area contributed by atoms with Gasteiger partial charge < -0.3 is 19.6 Å². The maximum absolute atomic E-state index is 12.6. The number of nitrogens with one attached hydrogen (secondary N) is 2. The number of benzene rings is 1. The van der Waals surface area contributed by atoms with Crippen molar-refractivity contribution in [3.05, 3.63) is 65.4 Å². The van der Waals surface area contributed by atoms with Gasteiger partial charge in [-0.3, -0.25) is 14.5 Å². The minimum absolute atomic E-state index is 0.119. The quantitative estimate of drug-likeness (QED) is 0.439. The number of hydrogen-bond donors (Lipinski definition) is 2. The smallest absolute Gasteiger partial charge is 0.276 e.